The van der Waals surface area contributed by atoms with Crippen molar-refractivity contribution < 1.29 is 8.85 Å². The van der Waals surface area contributed by atoms with Gasteiger partial charge in [-0.1, -0.05) is 6.92 Å². The fourth-order valence-electron chi connectivity index (χ4n) is 1.14. The molecule has 0 radical (unpaired) electrons. The Labute approximate surface area is 70.7 Å². The van der Waals surface area contributed by atoms with Gasteiger partial charge in [-0.15, -0.1) is 0 Å². The quantitative estimate of drug-likeness (QED) is 0.605. The van der Waals surface area contributed by atoms with Crippen molar-refractivity contribution in [3.05, 3.63) is 0 Å². The van der Waals surface area contributed by atoms with E-state index in [1.54, 1.807) is 14.2 Å². The highest BCUT2D eigenvalue weighted by atomic mass is 28.3. The predicted molar refractivity (Wildman–Crippen MR) is 48.9 cm³/mol. The summed E-state index contributed by atoms with van der Waals surface area (Å²) in [5.74, 6) is 0. The molecule has 0 fully saturated rings. The summed E-state index contributed by atoms with van der Waals surface area (Å²) in [5.41, 5.74) is 5.96. The highest BCUT2D eigenvalue weighted by Gasteiger charge is 2.18. The predicted octanol–water partition coefficient (Wildman–Crippen LogP) is 0.629. The van der Waals surface area contributed by atoms with Crippen molar-refractivity contribution in [2.75, 3.05) is 20.8 Å². The second-order valence-corrected chi connectivity index (χ2v) is 5.57. The first-order valence-electron chi connectivity index (χ1n) is 4.02. The maximum atomic E-state index is 5.39. The van der Waals surface area contributed by atoms with Crippen molar-refractivity contribution in [1.82, 2.24) is 0 Å². The number of rotatable bonds is 6. The first-order chi connectivity index (χ1) is 5.26. The summed E-state index contributed by atoms with van der Waals surface area (Å²) in [5, 5.41) is 0. The van der Waals surface area contributed by atoms with E-state index in [0.717, 1.165) is 19.4 Å². The lowest BCUT2D eigenvalue weighted by molar-refractivity contribution is 0.264. The van der Waals surface area contributed by atoms with Crippen LogP contribution < -0.4 is 5.73 Å². The van der Waals surface area contributed by atoms with Gasteiger partial charge in [0.05, 0.1) is 0 Å². The van der Waals surface area contributed by atoms with Gasteiger partial charge in [0.2, 0.25) is 0 Å². The van der Waals surface area contributed by atoms with Crippen LogP contribution in [0.4, 0.5) is 0 Å². The van der Waals surface area contributed by atoms with E-state index in [0.29, 0.717) is 5.54 Å². The van der Waals surface area contributed by atoms with Gasteiger partial charge in [0, 0.05) is 14.2 Å². The zero-order valence-corrected chi connectivity index (χ0v) is 8.82. The summed E-state index contributed by atoms with van der Waals surface area (Å²) < 4.78 is 10.5. The molecular formula is C7H19NO2Si. The van der Waals surface area contributed by atoms with Gasteiger partial charge in [0.15, 0.2) is 0 Å². The molecule has 0 saturated heterocycles. The topological polar surface area (TPSA) is 44.5 Å². The Morgan fingerprint density at radius 2 is 1.91 bits per heavy atom. The third kappa shape index (κ3) is 4.52. The molecule has 0 aliphatic heterocycles. The van der Waals surface area contributed by atoms with Gasteiger partial charge in [-0.25, -0.2) is 0 Å². The lowest BCUT2D eigenvalue weighted by Gasteiger charge is -2.17. The molecule has 68 valence electrons. The van der Waals surface area contributed by atoms with Gasteiger partial charge in [-0.05, 0) is 24.9 Å². The van der Waals surface area contributed by atoms with E-state index < -0.39 is 9.28 Å². The summed E-state index contributed by atoms with van der Waals surface area (Å²) in [6.07, 6.45) is 2.19. The van der Waals surface area contributed by atoms with Crippen LogP contribution in [0.5, 0.6) is 0 Å². The molecule has 0 aliphatic carbocycles. The largest absolute Gasteiger partial charge is 0.400 e. The van der Waals surface area contributed by atoms with E-state index in [1.165, 1.54) is 0 Å². The fourth-order valence-corrected chi connectivity index (χ4v) is 2.77. The second kappa shape index (κ2) is 6.79. The lowest BCUT2D eigenvalue weighted by atomic mass is 10.2. The van der Waals surface area contributed by atoms with Gasteiger partial charge in [-0.3, -0.25) is 0 Å². The first-order valence-corrected chi connectivity index (χ1v) is 5.62. The molecule has 11 heavy (non-hydrogen) atoms. The molecule has 0 saturated carbocycles. The molecule has 2 N–H and O–H groups in total. The molecule has 0 amide bonds. The van der Waals surface area contributed by atoms with Gasteiger partial charge in [0.1, 0.15) is 0 Å². The SMILES string of the molecule is CO[SiH](OC)C(C)CCCN. The Morgan fingerprint density at radius 3 is 2.27 bits per heavy atom. The molecule has 0 spiro atoms. The maximum absolute atomic E-state index is 5.39. The van der Waals surface area contributed by atoms with Crippen molar-refractivity contribution in [3.63, 3.8) is 0 Å². The van der Waals surface area contributed by atoms with Crippen molar-refractivity contribution in [1.29, 1.82) is 0 Å². The standard InChI is InChI=1S/C7H19NO2Si/c1-7(5-4-6-8)11(9-2)10-3/h7,11H,4-6,8H2,1-3H3. The van der Waals surface area contributed by atoms with Crippen LogP contribution in [-0.4, -0.2) is 30.0 Å². The van der Waals surface area contributed by atoms with Crippen LogP contribution in [0.15, 0.2) is 0 Å². The number of hydrogen-bond acceptors (Lipinski definition) is 3. The van der Waals surface area contributed by atoms with Crippen LogP contribution in [-0.2, 0) is 8.85 Å². The van der Waals surface area contributed by atoms with E-state index in [-0.39, 0.29) is 0 Å². The minimum absolute atomic E-state index is 0.563. The van der Waals surface area contributed by atoms with E-state index >= 15 is 0 Å². The summed E-state index contributed by atoms with van der Waals surface area (Å²) >= 11 is 0. The van der Waals surface area contributed by atoms with Crippen LogP contribution in [0.2, 0.25) is 5.54 Å². The molecular weight excluding hydrogens is 158 g/mol. The summed E-state index contributed by atoms with van der Waals surface area (Å²) in [6, 6.07) is 0. The average molecular weight is 177 g/mol. The number of hydrogen-bond donors (Lipinski definition) is 1. The Hall–Kier alpha value is 0.0969. The Balaban J connectivity index is 3.51. The molecule has 4 heteroatoms. The summed E-state index contributed by atoms with van der Waals surface area (Å²) in [7, 11) is 2.07. The van der Waals surface area contributed by atoms with E-state index in [2.05, 4.69) is 6.92 Å². The molecule has 3 nitrogen and oxygen atoms in total. The minimum Gasteiger partial charge on any atom is -0.400 e. The Morgan fingerprint density at radius 1 is 1.36 bits per heavy atom. The highest BCUT2D eigenvalue weighted by Crippen LogP contribution is 2.16. The van der Waals surface area contributed by atoms with E-state index in [1.807, 2.05) is 0 Å². The molecule has 0 rings (SSSR count). The minimum atomic E-state index is -1.37. The molecule has 0 heterocycles. The zero-order valence-electron chi connectivity index (χ0n) is 7.67. The summed E-state index contributed by atoms with van der Waals surface area (Å²) in [4.78, 5) is 0. The Bertz CT molecular complexity index is 88.5. The van der Waals surface area contributed by atoms with Gasteiger partial charge in [0.25, 0.3) is 0 Å². The first kappa shape index (κ1) is 11.1. The molecule has 0 aromatic rings. The zero-order chi connectivity index (χ0) is 8.69. The molecule has 0 aromatic heterocycles. The smallest absolute Gasteiger partial charge is 0.323 e. The third-order valence-electron chi connectivity index (χ3n) is 1.79. The average Bonchev–Trinajstić information content (AvgIpc) is 2.03. The third-order valence-corrected chi connectivity index (χ3v) is 3.98. The van der Waals surface area contributed by atoms with E-state index in [4.69, 9.17) is 14.6 Å². The van der Waals surface area contributed by atoms with Crippen molar-refractivity contribution >= 4 is 9.28 Å². The Kier molecular flexibility index (Phi) is 6.85. The maximum Gasteiger partial charge on any atom is 0.323 e. The van der Waals surface area contributed by atoms with Crippen LogP contribution in [0.1, 0.15) is 19.8 Å². The molecule has 0 bridgehead atoms. The van der Waals surface area contributed by atoms with Crippen LogP contribution in [0, 0.1) is 0 Å². The second-order valence-electron chi connectivity index (χ2n) is 2.75. The van der Waals surface area contributed by atoms with Crippen molar-refractivity contribution in [2.45, 2.75) is 25.3 Å². The summed E-state index contributed by atoms with van der Waals surface area (Å²) in [6.45, 7) is 2.93. The van der Waals surface area contributed by atoms with Gasteiger partial charge >= 0.3 is 9.28 Å². The number of nitrogens with two attached hydrogens (primary N) is 1. The van der Waals surface area contributed by atoms with Crippen LogP contribution in [0.3, 0.4) is 0 Å². The normalized spacial score (nSPS) is 13.9. The highest BCUT2D eigenvalue weighted by molar-refractivity contribution is 6.46. The van der Waals surface area contributed by atoms with Crippen LogP contribution in [0.25, 0.3) is 0 Å². The fraction of sp³-hybridized carbons (Fsp3) is 1.00. The molecule has 1 unspecified atom stereocenters. The van der Waals surface area contributed by atoms with Gasteiger partial charge < -0.3 is 14.6 Å². The van der Waals surface area contributed by atoms with Crippen molar-refractivity contribution in [3.8, 4) is 0 Å². The molecule has 0 aromatic carbocycles. The van der Waals surface area contributed by atoms with Crippen LogP contribution >= 0.6 is 0 Å². The molecule has 1 atom stereocenters. The molecule has 0 aliphatic rings. The van der Waals surface area contributed by atoms with Gasteiger partial charge in [-0.2, -0.15) is 0 Å². The lowest BCUT2D eigenvalue weighted by Crippen LogP contribution is -2.24. The van der Waals surface area contributed by atoms with Crippen molar-refractivity contribution in [2.24, 2.45) is 5.73 Å². The van der Waals surface area contributed by atoms with E-state index in [9.17, 15) is 0 Å². The monoisotopic (exact) mass is 177 g/mol.